The van der Waals surface area contributed by atoms with Gasteiger partial charge < -0.3 is 15.0 Å². The van der Waals surface area contributed by atoms with Crippen molar-refractivity contribution in [3.05, 3.63) is 88.4 Å². The fraction of sp³-hybridized carbons (Fsp3) is 0.394. The molecule has 0 saturated heterocycles. The van der Waals surface area contributed by atoms with E-state index in [1.165, 1.54) is 17.0 Å². The molecular formula is C33H40BrN3O5S. The summed E-state index contributed by atoms with van der Waals surface area (Å²) in [4.78, 5) is 29.1. The molecule has 1 saturated carbocycles. The van der Waals surface area contributed by atoms with Gasteiger partial charge in [0, 0.05) is 17.1 Å². The van der Waals surface area contributed by atoms with E-state index < -0.39 is 28.5 Å². The molecule has 2 amide bonds. The third kappa shape index (κ3) is 8.60. The molecule has 1 aliphatic carbocycles. The Hall–Kier alpha value is -3.37. The van der Waals surface area contributed by atoms with E-state index >= 15 is 0 Å². The quantitative estimate of drug-likeness (QED) is 0.247. The second-order valence-electron chi connectivity index (χ2n) is 10.9. The Balaban J connectivity index is 1.67. The second kappa shape index (κ2) is 14.9. The molecule has 1 fully saturated rings. The largest absolute Gasteiger partial charge is 0.494 e. The van der Waals surface area contributed by atoms with E-state index in [1.54, 1.807) is 43.3 Å². The van der Waals surface area contributed by atoms with E-state index in [0.717, 1.165) is 52.0 Å². The number of benzene rings is 3. The van der Waals surface area contributed by atoms with Gasteiger partial charge in [-0.25, -0.2) is 8.42 Å². The lowest BCUT2D eigenvalue weighted by molar-refractivity contribution is -0.139. The van der Waals surface area contributed by atoms with Gasteiger partial charge in [-0.2, -0.15) is 0 Å². The van der Waals surface area contributed by atoms with Crippen LogP contribution in [0.25, 0.3) is 0 Å². The zero-order chi connectivity index (χ0) is 31.0. The highest BCUT2D eigenvalue weighted by atomic mass is 79.9. The molecule has 3 aromatic carbocycles. The number of amides is 2. The van der Waals surface area contributed by atoms with Crippen LogP contribution in [0.1, 0.15) is 57.1 Å². The Bertz CT molecular complexity index is 1490. The molecule has 3 aromatic rings. The number of nitrogens with zero attached hydrogens (tertiary/aromatic N) is 2. The van der Waals surface area contributed by atoms with Gasteiger partial charge in [0.25, 0.3) is 10.0 Å². The van der Waals surface area contributed by atoms with Crippen molar-refractivity contribution in [2.45, 2.75) is 76.4 Å². The van der Waals surface area contributed by atoms with E-state index in [9.17, 15) is 18.0 Å². The maximum absolute atomic E-state index is 14.1. The molecule has 1 aliphatic rings. The first kappa shape index (κ1) is 32.5. The van der Waals surface area contributed by atoms with E-state index in [0.29, 0.717) is 18.0 Å². The van der Waals surface area contributed by atoms with Crippen LogP contribution < -0.4 is 14.4 Å². The highest BCUT2D eigenvalue weighted by Gasteiger charge is 2.33. The maximum Gasteiger partial charge on any atom is 0.264 e. The normalized spacial score (nSPS) is 14.5. The number of sulfonamides is 1. The molecule has 230 valence electrons. The third-order valence-corrected chi connectivity index (χ3v) is 9.97. The summed E-state index contributed by atoms with van der Waals surface area (Å²) in [6.45, 7) is 5.58. The molecule has 0 spiro atoms. The summed E-state index contributed by atoms with van der Waals surface area (Å²) in [5, 5.41) is 3.13. The molecule has 0 aliphatic heterocycles. The lowest BCUT2D eigenvalue weighted by Gasteiger charge is -2.33. The number of carbonyl (C=O) groups excluding carboxylic acids is 2. The molecule has 4 rings (SSSR count). The van der Waals surface area contributed by atoms with E-state index in [4.69, 9.17) is 4.74 Å². The van der Waals surface area contributed by atoms with Gasteiger partial charge in [0.15, 0.2) is 0 Å². The monoisotopic (exact) mass is 669 g/mol. The zero-order valence-corrected chi connectivity index (χ0v) is 27.4. The lowest BCUT2D eigenvalue weighted by atomic mass is 9.95. The average molecular weight is 671 g/mol. The minimum Gasteiger partial charge on any atom is -0.494 e. The summed E-state index contributed by atoms with van der Waals surface area (Å²) in [7, 11) is -4.15. The van der Waals surface area contributed by atoms with Crippen LogP contribution in [0.2, 0.25) is 0 Å². The number of anilines is 1. The molecule has 8 nitrogen and oxygen atoms in total. The molecule has 0 aromatic heterocycles. The molecule has 0 bridgehead atoms. The summed E-state index contributed by atoms with van der Waals surface area (Å²) >= 11 is 3.49. The fourth-order valence-electron chi connectivity index (χ4n) is 5.22. The highest BCUT2D eigenvalue weighted by molar-refractivity contribution is 9.10. The van der Waals surface area contributed by atoms with Crippen LogP contribution in [0, 0.1) is 6.92 Å². The van der Waals surface area contributed by atoms with Crippen molar-refractivity contribution >= 4 is 43.5 Å². The Labute approximate surface area is 263 Å². The van der Waals surface area contributed by atoms with Crippen LogP contribution in [0.15, 0.2) is 82.2 Å². The van der Waals surface area contributed by atoms with Gasteiger partial charge in [-0.15, -0.1) is 0 Å². The van der Waals surface area contributed by atoms with Crippen molar-refractivity contribution < 1.29 is 22.7 Å². The fourth-order valence-corrected chi connectivity index (χ4v) is 7.09. The minimum absolute atomic E-state index is 0.0333. The second-order valence-corrected chi connectivity index (χ2v) is 13.7. The smallest absolute Gasteiger partial charge is 0.264 e. The van der Waals surface area contributed by atoms with Crippen LogP contribution in [0.3, 0.4) is 0 Å². The van der Waals surface area contributed by atoms with Gasteiger partial charge in [0.2, 0.25) is 11.8 Å². The molecule has 0 unspecified atom stereocenters. The first-order valence-corrected chi connectivity index (χ1v) is 17.0. The van der Waals surface area contributed by atoms with Crippen LogP contribution in [0.4, 0.5) is 5.69 Å². The summed E-state index contributed by atoms with van der Waals surface area (Å²) in [5.74, 6) is -0.176. The summed E-state index contributed by atoms with van der Waals surface area (Å²) in [6, 6.07) is 19.9. The molecule has 43 heavy (non-hydrogen) atoms. The SMILES string of the molecule is CCOc1ccc(S(=O)(=O)N(CC(=O)N(Cc2cccc(Br)c2)[C@@H](C)C(=O)NC2CCCCC2)c2ccc(C)cc2)cc1. The predicted molar refractivity (Wildman–Crippen MR) is 172 cm³/mol. The van der Waals surface area contributed by atoms with Gasteiger partial charge in [-0.3, -0.25) is 13.9 Å². The van der Waals surface area contributed by atoms with E-state index in [1.807, 2.05) is 38.1 Å². The Morgan fingerprint density at radius 1 is 1.00 bits per heavy atom. The minimum atomic E-state index is -4.15. The molecule has 1 atom stereocenters. The van der Waals surface area contributed by atoms with Crippen LogP contribution in [-0.2, 0) is 26.2 Å². The summed E-state index contributed by atoms with van der Waals surface area (Å²) < 4.78 is 35.5. The summed E-state index contributed by atoms with van der Waals surface area (Å²) in [6.07, 6.45) is 5.12. The Morgan fingerprint density at radius 2 is 1.67 bits per heavy atom. The number of nitrogens with one attached hydrogen (secondary N) is 1. The van der Waals surface area contributed by atoms with Gasteiger partial charge in [0.1, 0.15) is 18.3 Å². The van der Waals surface area contributed by atoms with Crippen molar-refractivity contribution in [3.63, 3.8) is 0 Å². The maximum atomic E-state index is 14.1. The van der Waals surface area contributed by atoms with Crippen LogP contribution in [-0.4, -0.2) is 50.4 Å². The number of rotatable bonds is 12. The zero-order valence-electron chi connectivity index (χ0n) is 25.0. The molecule has 0 radical (unpaired) electrons. The van der Waals surface area contributed by atoms with Gasteiger partial charge in [-0.05, 0) is 87.7 Å². The molecule has 1 N–H and O–H groups in total. The van der Waals surface area contributed by atoms with Crippen molar-refractivity contribution in [1.29, 1.82) is 0 Å². The van der Waals surface area contributed by atoms with Crippen molar-refractivity contribution in [2.24, 2.45) is 0 Å². The van der Waals surface area contributed by atoms with Crippen LogP contribution >= 0.6 is 15.9 Å². The third-order valence-electron chi connectivity index (χ3n) is 7.68. The lowest BCUT2D eigenvalue weighted by Crippen LogP contribution is -2.53. The standard InChI is InChI=1S/C33H40BrN3O5S/c1-4-42-30-17-19-31(20-18-30)43(40,41)37(29-15-13-24(2)14-16-29)23-32(38)36(22-26-9-8-10-27(34)21-26)25(3)33(39)35-28-11-6-5-7-12-28/h8-10,13-21,25,28H,4-7,11-12,22-23H2,1-3H3,(H,35,39)/t25-/m0/s1. The number of aryl methyl sites for hydroxylation is 1. The topological polar surface area (TPSA) is 96.0 Å². The Kier molecular flexibility index (Phi) is 11.3. The first-order valence-electron chi connectivity index (χ1n) is 14.7. The number of carbonyl (C=O) groups is 2. The predicted octanol–water partition coefficient (Wildman–Crippen LogP) is 6.22. The first-order chi connectivity index (χ1) is 20.6. The highest BCUT2D eigenvalue weighted by Crippen LogP contribution is 2.27. The molecule has 0 heterocycles. The number of ether oxygens (including phenoxy) is 1. The van der Waals surface area contributed by atoms with Crippen molar-refractivity contribution in [1.82, 2.24) is 10.2 Å². The van der Waals surface area contributed by atoms with E-state index in [-0.39, 0.29) is 23.4 Å². The molecule has 10 heteroatoms. The van der Waals surface area contributed by atoms with Crippen LogP contribution in [0.5, 0.6) is 5.75 Å². The summed E-state index contributed by atoms with van der Waals surface area (Å²) in [5.41, 5.74) is 2.13. The van der Waals surface area contributed by atoms with Gasteiger partial charge in [0.05, 0.1) is 17.2 Å². The van der Waals surface area contributed by atoms with Gasteiger partial charge >= 0.3 is 0 Å². The van der Waals surface area contributed by atoms with Gasteiger partial charge in [-0.1, -0.05) is 65.0 Å². The number of hydrogen-bond donors (Lipinski definition) is 1. The average Bonchev–Trinajstić information content (AvgIpc) is 2.99. The van der Waals surface area contributed by atoms with E-state index in [2.05, 4.69) is 21.2 Å². The number of hydrogen-bond acceptors (Lipinski definition) is 5. The number of halogens is 1. The van der Waals surface area contributed by atoms with Crippen molar-refractivity contribution in [2.75, 3.05) is 17.5 Å². The van der Waals surface area contributed by atoms with Crippen molar-refractivity contribution in [3.8, 4) is 5.75 Å². The molecular weight excluding hydrogens is 630 g/mol. The Morgan fingerprint density at radius 3 is 2.30 bits per heavy atom.